The Hall–Kier alpha value is -1.78. The summed E-state index contributed by atoms with van der Waals surface area (Å²) in [6.07, 6.45) is 9.75. The first-order chi connectivity index (χ1) is 11.4. The van der Waals surface area contributed by atoms with Gasteiger partial charge in [0.1, 0.15) is 18.3 Å². The number of fused-ring (bicyclic) bond motifs is 2. The third kappa shape index (κ3) is 4.85. The van der Waals surface area contributed by atoms with Crippen LogP contribution in [0.4, 0.5) is 0 Å². The van der Waals surface area contributed by atoms with Crippen molar-refractivity contribution in [2.24, 2.45) is 0 Å². The number of benzene rings is 1. The third-order valence-electron chi connectivity index (χ3n) is 4.29. The number of ether oxygens (including phenoxy) is 2. The smallest absolute Gasteiger partial charge is 0.167 e. The first-order valence-corrected chi connectivity index (χ1v) is 8.59. The van der Waals surface area contributed by atoms with Crippen LogP contribution in [-0.4, -0.2) is 25.7 Å². The lowest BCUT2D eigenvalue weighted by Gasteiger charge is -2.23. The van der Waals surface area contributed by atoms with Gasteiger partial charge >= 0.3 is 0 Å². The van der Waals surface area contributed by atoms with Gasteiger partial charge in [-0.25, -0.2) is 0 Å². The molecule has 0 radical (unpaired) electrons. The summed E-state index contributed by atoms with van der Waals surface area (Å²) in [4.78, 5) is 0. The summed E-state index contributed by atoms with van der Waals surface area (Å²) in [7, 11) is 0. The van der Waals surface area contributed by atoms with E-state index in [1.165, 1.54) is 11.1 Å². The minimum Gasteiger partial charge on any atom is -0.486 e. The van der Waals surface area contributed by atoms with Gasteiger partial charge in [0.2, 0.25) is 0 Å². The minimum absolute atomic E-state index is 0.00891. The van der Waals surface area contributed by atoms with Crippen LogP contribution in [0.1, 0.15) is 30.4 Å². The molecule has 23 heavy (non-hydrogen) atoms. The summed E-state index contributed by atoms with van der Waals surface area (Å²) in [5.41, 5.74) is 2.87. The van der Waals surface area contributed by atoms with Crippen molar-refractivity contribution in [3.63, 3.8) is 0 Å². The van der Waals surface area contributed by atoms with Gasteiger partial charge in [-0.1, -0.05) is 24.3 Å². The Kier molecular flexibility index (Phi) is 6.12. The van der Waals surface area contributed by atoms with Gasteiger partial charge in [0.25, 0.3) is 0 Å². The van der Waals surface area contributed by atoms with Crippen molar-refractivity contribution in [2.75, 3.05) is 19.6 Å². The lowest BCUT2D eigenvalue weighted by Crippen LogP contribution is -2.33. The van der Waals surface area contributed by atoms with Gasteiger partial charge in [0, 0.05) is 13.1 Å². The van der Waals surface area contributed by atoms with Crippen LogP contribution in [0.5, 0.6) is 0 Å². The van der Waals surface area contributed by atoms with Gasteiger partial charge < -0.3 is 20.1 Å². The lowest BCUT2D eigenvalue weighted by molar-refractivity contribution is 0.0858. The molecule has 1 aromatic rings. The highest BCUT2D eigenvalue weighted by molar-refractivity contribution is 5.27. The van der Waals surface area contributed by atoms with Crippen molar-refractivity contribution in [2.45, 2.75) is 38.3 Å². The highest BCUT2D eigenvalue weighted by Gasteiger charge is 2.18. The van der Waals surface area contributed by atoms with E-state index in [9.17, 15) is 0 Å². The molecule has 0 aromatic heterocycles. The predicted octanol–water partition coefficient (Wildman–Crippen LogP) is 2.86. The molecule has 1 aromatic carbocycles. The quantitative estimate of drug-likeness (QED) is 0.773. The number of allylic oxidation sites excluding steroid dienone is 1. The molecular weight excluding hydrogens is 288 g/mol. The van der Waals surface area contributed by atoms with E-state index >= 15 is 0 Å². The van der Waals surface area contributed by atoms with Crippen molar-refractivity contribution in [1.82, 2.24) is 10.6 Å². The summed E-state index contributed by atoms with van der Waals surface area (Å²) in [6.45, 7) is 3.74. The summed E-state index contributed by atoms with van der Waals surface area (Å²) in [5, 5.41) is 7.00. The molecule has 0 spiro atoms. The Bertz CT molecular complexity index is 554. The maximum atomic E-state index is 5.67. The fourth-order valence-electron chi connectivity index (χ4n) is 3.01. The Morgan fingerprint density at radius 1 is 0.957 bits per heavy atom. The number of aryl methyl sites for hydroxylation is 1. The van der Waals surface area contributed by atoms with Crippen LogP contribution in [0.2, 0.25) is 0 Å². The van der Waals surface area contributed by atoms with Crippen LogP contribution in [-0.2, 0) is 22.4 Å². The molecule has 0 saturated heterocycles. The zero-order valence-electron chi connectivity index (χ0n) is 13.6. The molecule has 2 aliphatic rings. The average molecular weight is 314 g/mol. The van der Waals surface area contributed by atoms with E-state index in [0.717, 1.165) is 57.6 Å². The van der Waals surface area contributed by atoms with Gasteiger partial charge in [0.05, 0.1) is 0 Å². The Balaban J connectivity index is 1.67. The van der Waals surface area contributed by atoms with Gasteiger partial charge in [-0.2, -0.15) is 0 Å². The second-order valence-electron chi connectivity index (χ2n) is 6.02. The fourth-order valence-corrected chi connectivity index (χ4v) is 3.01. The molecule has 0 fully saturated rings. The average Bonchev–Trinajstić information content (AvgIpc) is 2.60. The fraction of sp³-hybridized carbons (Fsp3) is 0.474. The minimum atomic E-state index is -0.00891. The third-order valence-corrected chi connectivity index (χ3v) is 4.29. The summed E-state index contributed by atoms with van der Waals surface area (Å²) in [5.74, 6) is 0.932. The maximum absolute atomic E-state index is 5.67. The summed E-state index contributed by atoms with van der Waals surface area (Å²) >= 11 is 0. The van der Waals surface area contributed by atoms with Gasteiger partial charge in [-0.3, -0.25) is 0 Å². The van der Waals surface area contributed by atoms with Crippen molar-refractivity contribution in [3.8, 4) is 0 Å². The standard InChI is InChI=1S/C19H26N2O2/c1-2-8-17-14-20-10-5-11-21-15-19-18(22-12-13-23-19)9-4-3-7-16(17)6-1/h1-2,6,8-9,12-13,19-21H,3-5,7,10-11,14-15H2. The van der Waals surface area contributed by atoms with Crippen LogP contribution in [0.3, 0.4) is 0 Å². The molecule has 2 N–H and O–H groups in total. The molecule has 1 atom stereocenters. The normalized spacial score (nSPS) is 23.1. The molecule has 0 aliphatic carbocycles. The van der Waals surface area contributed by atoms with E-state index in [1.54, 1.807) is 12.5 Å². The predicted molar refractivity (Wildman–Crippen MR) is 91.8 cm³/mol. The van der Waals surface area contributed by atoms with E-state index in [1.807, 2.05) is 0 Å². The highest BCUT2D eigenvalue weighted by atomic mass is 16.6. The van der Waals surface area contributed by atoms with E-state index in [0.29, 0.717) is 0 Å². The van der Waals surface area contributed by atoms with Crippen molar-refractivity contribution >= 4 is 0 Å². The molecule has 0 amide bonds. The van der Waals surface area contributed by atoms with Crippen molar-refractivity contribution in [3.05, 3.63) is 59.8 Å². The number of rotatable bonds is 0. The molecule has 2 heterocycles. The van der Waals surface area contributed by atoms with E-state index in [4.69, 9.17) is 9.47 Å². The molecule has 124 valence electrons. The molecule has 2 aliphatic heterocycles. The van der Waals surface area contributed by atoms with E-state index in [2.05, 4.69) is 41.0 Å². The first kappa shape index (κ1) is 16.1. The van der Waals surface area contributed by atoms with Crippen LogP contribution in [0.15, 0.2) is 48.6 Å². The van der Waals surface area contributed by atoms with Crippen LogP contribution in [0.25, 0.3) is 0 Å². The second kappa shape index (κ2) is 8.75. The molecular formula is C19H26N2O2. The van der Waals surface area contributed by atoms with Crippen LogP contribution >= 0.6 is 0 Å². The van der Waals surface area contributed by atoms with Gasteiger partial charge in [-0.15, -0.1) is 0 Å². The van der Waals surface area contributed by atoms with E-state index in [-0.39, 0.29) is 6.10 Å². The van der Waals surface area contributed by atoms with Crippen molar-refractivity contribution in [1.29, 1.82) is 0 Å². The number of nitrogens with one attached hydrogen (secondary N) is 2. The zero-order valence-corrected chi connectivity index (χ0v) is 13.6. The SMILES string of the molecule is C1=COC2CNCCCNCc3ccccc3CCCC=C2O1. The van der Waals surface area contributed by atoms with Crippen molar-refractivity contribution < 1.29 is 9.47 Å². The zero-order chi connectivity index (χ0) is 15.7. The molecule has 4 heteroatoms. The molecule has 0 bridgehead atoms. The molecule has 4 nitrogen and oxygen atoms in total. The van der Waals surface area contributed by atoms with E-state index < -0.39 is 0 Å². The lowest BCUT2D eigenvalue weighted by atomic mass is 10.0. The highest BCUT2D eigenvalue weighted by Crippen LogP contribution is 2.18. The number of hydrogen-bond acceptors (Lipinski definition) is 4. The monoisotopic (exact) mass is 314 g/mol. The topological polar surface area (TPSA) is 42.5 Å². The largest absolute Gasteiger partial charge is 0.486 e. The molecule has 1 unspecified atom stereocenters. The first-order valence-electron chi connectivity index (χ1n) is 8.59. The maximum Gasteiger partial charge on any atom is 0.167 e. The second-order valence-corrected chi connectivity index (χ2v) is 6.02. The molecule has 3 rings (SSSR count). The van der Waals surface area contributed by atoms with Crippen LogP contribution < -0.4 is 10.6 Å². The van der Waals surface area contributed by atoms with Gasteiger partial charge in [0.15, 0.2) is 6.10 Å². The van der Waals surface area contributed by atoms with Gasteiger partial charge in [-0.05, 0) is 56.0 Å². The van der Waals surface area contributed by atoms with Crippen LogP contribution in [0, 0.1) is 0 Å². The Morgan fingerprint density at radius 3 is 2.78 bits per heavy atom. The Labute approximate surface area is 138 Å². The molecule has 0 saturated carbocycles. The number of hydrogen-bond donors (Lipinski definition) is 2. The Morgan fingerprint density at radius 2 is 1.83 bits per heavy atom. The summed E-state index contributed by atoms with van der Waals surface area (Å²) in [6, 6.07) is 8.74. The summed E-state index contributed by atoms with van der Waals surface area (Å²) < 4.78 is 11.3.